The molecule has 3 radical (unpaired) electrons. The maximum absolute atomic E-state index is 12.4. The van der Waals surface area contributed by atoms with Crippen molar-refractivity contribution in [1.82, 2.24) is 35.1 Å². The van der Waals surface area contributed by atoms with E-state index in [1.165, 1.54) is 26.6 Å². The fourth-order valence-corrected chi connectivity index (χ4v) is 7.89. The first kappa shape index (κ1) is 90.2. The van der Waals surface area contributed by atoms with E-state index in [0.717, 1.165) is 68.8 Å². The number of hydrogen-bond donors (Lipinski definition) is 2. The van der Waals surface area contributed by atoms with Gasteiger partial charge < -0.3 is 63.6 Å². The molecule has 0 saturated carbocycles. The number of halogens is 3. The second-order valence-electron chi connectivity index (χ2n) is 21.6. The summed E-state index contributed by atoms with van der Waals surface area (Å²) in [6.45, 7) is 38.3. The van der Waals surface area contributed by atoms with Crippen LogP contribution in [-0.2, 0) is 53.0 Å². The van der Waals surface area contributed by atoms with Crippen LogP contribution in [0.4, 0.5) is 24.0 Å². The van der Waals surface area contributed by atoms with E-state index in [1.54, 1.807) is 21.6 Å². The molecule has 0 bridgehead atoms. The minimum Gasteiger partial charge on any atom is -0.466 e. The van der Waals surface area contributed by atoms with Gasteiger partial charge in [-0.2, -0.15) is 0 Å². The average Bonchev–Trinajstić information content (AvgIpc) is 3.89. The van der Waals surface area contributed by atoms with Crippen LogP contribution in [0.2, 0.25) is 0 Å². The standard InChI is InChI=1S/C19H28N2O4.C14H20N2O2.C11H22N2O2.C8H7ClO2.C6H15N.C4H8O2.2CH4.B.2ClH/c1-15-10-11-20(17(22)25-19(2,3)4)12-13-21(15)18(23)24-14-16-8-6-5-7-9-16;1-12-7-8-15-9-10-16(12)14(17)18-11-13-5-3-2-4-6-13;1-9-5-7-13(8-6-12-9)10(14)15-11(2,3)4;9-8(10)11-6-7-4-2-1-3-5-7;1-4-7(5-2)6-3;1-3-6-4(2)5;;;;;/h5-9,15H,10-14H2,1-4H3;2-6,12,15H,7-11H2,1H3;9,12H,5-8H2,1-4H3;1-5H,6H2;4-6H2,1-3H3;3H2,1-2H3;2*1H4;;2*1H/t15-;12-;9-;;;;;;;;/m111......../s1. The molecule has 19 nitrogen and oxygen atoms in total. The summed E-state index contributed by atoms with van der Waals surface area (Å²) in [5, 5.41) is 6.63. The first-order chi connectivity index (χ1) is 38.8. The fourth-order valence-electron chi connectivity index (χ4n) is 7.83. The number of ether oxygens (including phenoxy) is 6. The van der Waals surface area contributed by atoms with Gasteiger partial charge in [-0.1, -0.05) is 127 Å². The topological polar surface area (TPSA) is 198 Å². The molecule has 0 aromatic heterocycles. The van der Waals surface area contributed by atoms with Gasteiger partial charge in [0.25, 0.3) is 0 Å². The summed E-state index contributed by atoms with van der Waals surface area (Å²) < 4.78 is 30.5. The van der Waals surface area contributed by atoms with Crippen molar-refractivity contribution in [2.45, 2.75) is 180 Å². The van der Waals surface area contributed by atoms with E-state index >= 15 is 0 Å². The van der Waals surface area contributed by atoms with Crippen molar-refractivity contribution in [3.63, 3.8) is 0 Å². The summed E-state index contributed by atoms with van der Waals surface area (Å²) in [7, 11) is 0. The molecule has 0 unspecified atom stereocenters. The van der Waals surface area contributed by atoms with Gasteiger partial charge in [-0.05, 0) is 131 Å². The highest BCUT2D eigenvalue weighted by molar-refractivity contribution is 6.61. The van der Waals surface area contributed by atoms with Crippen molar-refractivity contribution in [2.24, 2.45) is 0 Å². The average molecular weight is 1290 g/mol. The molecule has 0 spiro atoms. The summed E-state index contributed by atoms with van der Waals surface area (Å²) in [6, 6.07) is 29.4. The molecule has 6 rings (SSSR count). The molecular formula is C64H110BCl3N7O12. The van der Waals surface area contributed by atoms with Crippen LogP contribution in [-0.4, -0.2) is 183 Å². The second-order valence-corrected chi connectivity index (χ2v) is 21.9. The Labute approximate surface area is 543 Å². The molecule has 23 heteroatoms. The molecule has 3 heterocycles. The third-order valence-electron chi connectivity index (χ3n) is 12.5. The highest BCUT2D eigenvalue weighted by atomic mass is 35.5. The summed E-state index contributed by atoms with van der Waals surface area (Å²) >= 11 is 4.97. The molecule has 87 heavy (non-hydrogen) atoms. The Morgan fingerprint density at radius 1 is 0.517 bits per heavy atom. The lowest BCUT2D eigenvalue weighted by atomic mass is 10.2. The summed E-state index contributed by atoms with van der Waals surface area (Å²) in [4.78, 5) is 77.7. The van der Waals surface area contributed by atoms with E-state index in [9.17, 15) is 28.8 Å². The Bertz CT molecular complexity index is 2230. The first-order valence-corrected chi connectivity index (χ1v) is 29.3. The number of esters is 1. The van der Waals surface area contributed by atoms with Gasteiger partial charge in [0.15, 0.2) is 0 Å². The molecule has 3 aromatic rings. The predicted molar refractivity (Wildman–Crippen MR) is 357 cm³/mol. The lowest BCUT2D eigenvalue weighted by Gasteiger charge is -2.26. The number of carbonyl (C=O) groups is 6. The zero-order valence-corrected chi connectivity index (χ0v) is 55.6. The van der Waals surface area contributed by atoms with Crippen molar-refractivity contribution in [1.29, 1.82) is 0 Å². The minimum absolute atomic E-state index is 0. The van der Waals surface area contributed by atoms with Gasteiger partial charge in [0.05, 0.1) is 6.61 Å². The molecule has 4 amide bonds. The summed E-state index contributed by atoms with van der Waals surface area (Å²) in [5.41, 5.74) is 1.21. The van der Waals surface area contributed by atoms with Gasteiger partial charge in [0.2, 0.25) is 0 Å². The Morgan fingerprint density at radius 2 is 0.908 bits per heavy atom. The van der Waals surface area contributed by atoms with Crippen molar-refractivity contribution in [3.05, 3.63) is 108 Å². The van der Waals surface area contributed by atoms with Crippen molar-refractivity contribution in [3.8, 4) is 0 Å². The normalized spacial score (nSPS) is 16.1. The van der Waals surface area contributed by atoms with Gasteiger partial charge in [0, 0.05) is 97.4 Å². The molecule has 0 aliphatic carbocycles. The van der Waals surface area contributed by atoms with Crippen LogP contribution in [0.5, 0.6) is 0 Å². The van der Waals surface area contributed by atoms with Gasteiger partial charge in [-0.3, -0.25) is 4.79 Å². The third-order valence-corrected chi connectivity index (χ3v) is 12.6. The second kappa shape index (κ2) is 51.4. The fraction of sp³-hybridized carbons (Fsp3) is 0.625. The van der Waals surface area contributed by atoms with E-state index in [4.69, 9.17) is 30.5 Å². The van der Waals surface area contributed by atoms with E-state index in [2.05, 4.69) is 59.6 Å². The number of carbonyl (C=O) groups excluding carboxylic acids is 6. The van der Waals surface area contributed by atoms with Gasteiger partial charge in [0.1, 0.15) is 31.0 Å². The first-order valence-electron chi connectivity index (χ1n) is 28.9. The molecule has 497 valence electrons. The van der Waals surface area contributed by atoms with Crippen LogP contribution in [0.3, 0.4) is 0 Å². The molecule has 3 atom stereocenters. The number of nitrogens with zero attached hydrogens (tertiary/aromatic N) is 5. The SMILES string of the molecule is C.C.CCN(CC)CC.CCOC(C)=O.C[C@@H]1CCN(C(=O)OC(C)(C)C)CCN1.C[C@@H]1CCN(C(=O)OC(C)(C)C)CCN1C(=O)OCc1ccccc1.C[C@@H]1CCNCCN1C(=O)OCc1ccccc1.Cl.Cl.O=C(Cl)OCc1ccccc1.[B]. The summed E-state index contributed by atoms with van der Waals surface area (Å²) in [6.07, 6.45) is 1.56. The van der Waals surface area contributed by atoms with E-state index in [-0.39, 0.29) is 104 Å². The molecule has 3 saturated heterocycles. The van der Waals surface area contributed by atoms with Crippen LogP contribution >= 0.6 is 36.4 Å². The van der Waals surface area contributed by atoms with Crippen LogP contribution in [0.25, 0.3) is 0 Å². The highest BCUT2D eigenvalue weighted by Crippen LogP contribution is 2.17. The molecule has 3 aliphatic rings. The van der Waals surface area contributed by atoms with Crippen molar-refractivity contribution in [2.75, 3.05) is 85.1 Å². The third kappa shape index (κ3) is 44.6. The monoisotopic (exact) mass is 1280 g/mol. The maximum atomic E-state index is 12.4. The Balaban J connectivity index is -0.000000324. The van der Waals surface area contributed by atoms with Crippen LogP contribution < -0.4 is 10.6 Å². The summed E-state index contributed by atoms with van der Waals surface area (Å²) in [5.74, 6) is -0.211. The maximum Gasteiger partial charge on any atom is 0.410 e. The molecule has 3 aromatic carbocycles. The number of rotatable bonds is 10. The molecule has 3 aliphatic heterocycles. The van der Waals surface area contributed by atoms with Crippen LogP contribution in [0, 0.1) is 0 Å². The van der Waals surface area contributed by atoms with Gasteiger partial charge in [-0.15, -0.1) is 24.8 Å². The van der Waals surface area contributed by atoms with Crippen LogP contribution in [0.1, 0.15) is 148 Å². The Hall–Kier alpha value is -5.51. The minimum atomic E-state index is -0.770. The zero-order valence-electron chi connectivity index (χ0n) is 53.2. The molecule has 3 fully saturated rings. The highest BCUT2D eigenvalue weighted by Gasteiger charge is 2.30. The largest absolute Gasteiger partial charge is 0.466 e. The molecular weight excluding hydrogens is 1180 g/mol. The van der Waals surface area contributed by atoms with Gasteiger partial charge >= 0.3 is 35.8 Å². The zero-order chi connectivity index (χ0) is 61.5. The van der Waals surface area contributed by atoms with Crippen molar-refractivity contribution < 1.29 is 57.2 Å². The predicted octanol–water partition coefficient (Wildman–Crippen LogP) is 13.5. The van der Waals surface area contributed by atoms with E-state index < -0.39 is 16.6 Å². The number of hydrogen-bond acceptors (Lipinski definition) is 15. The lowest BCUT2D eigenvalue weighted by molar-refractivity contribution is -0.140. The number of amides is 4. The van der Waals surface area contributed by atoms with Gasteiger partial charge in [-0.25, -0.2) is 24.0 Å². The Morgan fingerprint density at radius 3 is 1.28 bits per heavy atom. The lowest BCUT2D eigenvalue weighted by Crippen LogP contribution is -2.41. The number of benzene rings is 3. The quantitative estimate of drug-likeness (QED) is 0.0840. The van der Waals surface area contributed by atoms with E-state index in [1.807, 2.05) is 144 Å². The number of nitrogens with one attached hydrogen (secondary N) is 2. The smallest absolute Gasteiger partial charge is 0.410 e. The van der Waals surface area contributed by atoms with Crippen LogP contribution in [0.15, 0.2) is 91.0 Å². The molecule has 2 N–H and O–H groups in total. The van der Waals surface area contributed by atoms with E-state index in [0.29, 0.717) is 45.3 Å². The Kier molecular flexibility index (Phi) is 53.3. The van der Waals surface area contributed by atoms with Crippen molar-refractivity contribution >= 4 is 80.6 Å².